The fourth-order valence-electron chi connectivity index (χ4n) is 3.42. The van der Waals surface area contributed by atoms with E-state index in [4.69, 9.17) is 10.0 Å². The van der Waals surface area contributed by atoms with Crippen LogP contribution in [0.2, 0.25) is 0 Å². The van der Waals surface area contributed by atoms with Crippen molar-refractivity contribution in [2.24, 2.45) is 5.16 Å². The molecule has 0 aromatic heterocycles. The summed E-state index contributed by atoms with van der Waals surface area (Å²) in [5, 5.41) is 13.0. The van der Waals surface area contributed by atoms with E-state index in [1.54, 1.807) is 5.48 Å². The quantitative estimate of drug-likeness (QED) is 0.421. The highest BCUT2D eigenvalue weighted by Crippen LogP contribution is 2.25. The molecule has 0 fully saturated rings. The third kappa shape index (κ3) is 5.17. The zero-order valence-electron chi connectivity index (χ0n) is 15.5. The molecule has 2 N–H and O–H groups in total. The number of aryl methyl sites for hydroxylation is 2. The number of nitrogens with zero attached hydrogens (tertiary/aromatic N) is 1. The highest BCUT2D eigenvalue weighted by atomic mass is 16.6. The van der Waals surface area contributed by atoms with Gasteiger partial charge in [0.05, 0.1) is 0 Å². The van der Waals surface area contributed by atoms with E-state index in [0.29, 0.717) is 13.0 Å². The molecule has 5 heteroatoms. The predicted octanol–water partition coefficient (Wildman–Crippen LogP) is 4.01. The third-order valence-corrected chi connectivity index (χ3v) is 4.88. The molecule has 1 aliphatic rings. The number of hydrogen-bond acceptors (Lipinski definition) is 4. The highest BCUT2D eigenvalue weighted by molar-refractivity contribution is 6.14. The standard InChI is InChI=1S/C22H26N2O3/c25-21(23-26)13-3-1-2-8-16-27-24-22-19-11-6-4-9-17(19)14-15-18-10-5-7-12-20(18)22/h4-7,9-12,26H,1-3,8,13-16H2,(H,23,25). The smallest absolute Gasteiger partial charge is 0.243 e. The average Bonchev–Trinajstić information content (AvgIpc) is 2.87. The first-order valence-electron chi connectivity index (χ1n) is 9.59. The van der Waals surface area contributed by atoms with Gasteiger partial charge in [-0.3, -0.25) is 10.0 Å². The van der Waals surface area contributed by atoms with Gasteiger partial charge in [-0.2, -0.15) is 0 Å². The summed E-state index contributed by atoms with van der Waals surface area (Å²) in [6, 6.07) is 16.8. The number of oxime groups is 1. The van der Waals surface area contributed by atoms with Gasteiger partial charge in [-0.05, 0) is 43.2 Å². The highest BCUT2D eigenvalue weighted by Gasteiger charge is 2.19. The van der Waals surface area contributed by atoms with Gasteiger partial charge in [0.25, 0.3) is 0 Å². The van der Waals surface area contributed by atoms with Crippen molar-refractivity contribution in [3.63, 3.8) is 0 Å². The Morgan fingerprint density at radius 1 is 0.926 bits per heavy atom. The fourth-order valence-corrected chi connectivity index (χ4v) is 3.42. The molecular formula is C22H26N2O3. The number of hydroxylamine groups is 1. The number of carbonyl (C=O) groups is 1. The summed E-state index contributed by atoms with van der Waals surface area (Å²) in [5.41, 5.74) is 7.48. The maximum absolute atomic E-state index is 10.9. The van der Waals surface area contributed by atoms with E-state index in [-0.39, 0.29) is 5.91 Å². The lowest BCUT2D eigenvalue weighted by Gasteiger charge is -2.10. The van der Waals surface area contributed by atoms with E-state index in [9.17, 15) is 4.79 Å². The molecule has 3 rings (SSSR count). The fraction of sp³-hybridized carbons (Fsp3) is 0.364. The Hall–Kier alpha value is -2.66. The Balaban J connectivity index is 1.59. The molecule has 27 heavy (non-hydrogen) atoms. The second-order valence-electron chi connectivity index (χ2n) is 6.79. The number of rotatable bonds is 8. The summed E-state index contributed by atoms with van der Waals surface area (Å²) in [5.74, 6) is -0.330. The van der Waals surface area contributed by atoms with Gasteiger partial charge in [0, 0.05) is 17.5 Å². The minimum Gasteiger partial charge on any atom is -0.395 e. The number of nitrogens with one attached hydrogen (secondary N) is 1. The molecule has 0 unspecified atom stereocenters. The molecule has 2 aromatic rings. The van der Waals surface area contributed by atoms with Crippen LogP contribution in [0.4, 0.5) is 0 Å². The molecule has 1 amide bonds. The number of benzene rings is 2. The van der Waals surface area contributed by atoms with Crippen molar-refractivity contribution in [2.45, 2.75) is 44.9 Å². The van der Waals surface area contributed by atoms with Crippen LogP contribution in [0, 0.1) is 0 Å². The van der Waals surface area contributed by atoms with Gasteiger partial charge in [-0.25, -0.2) is 5.48 Å². The third-order valence-electron chi connectivity index (χ3n) is 4.88. The van der Waals surface area contributed by atoms with Crippen LogP contribution < -0.4 is 5.48 Å². The number of hydrogen-bond donors (Lipinski definition) is 2. The molecule has 0 spiro atoms. The molecule has 0 saturated carbocycles. The summed E-state index contributed by atoms with van der Waals surface area (Å²) in [7, 11) is 0. The van der Waals surface area contributed by atoms with E-state index in [2.05, 4.69) is 41.6 Å². The van der Waals surface area contributed by atoms with Gasteiger partial charge in [0.1, 0.15) is 12.3 Å². The summed E-state index contributed by atoms with van der Waals surface area (Å²) in [6.45, 7) is 0.556. The molecule has 0 heterocycles. The summed E-state index contributed by atoms with van der Waals surface area (Å²) in [4.78, 5) is 16.6. The Morgan fingerprint density at radius 2 is 1.52 bits per heavy atom. The van der Waals surface area contributed by atoms with Crippen LogP contribution in [0.5, 0.6) is 0 Å². The second kappa shape index (κ2) is 9.88. The van der Waals surface area contributed by atoms with Gasteiger partial charge >= 0.3 is 0 Å². The van der Waals surface area contributed by atoms with Crippen LogP contribution >= 0.6 is 0 Å². The molecule has 0 radical (unpaired) electrons. The molecule has 2 aromatic carbocycles. The second-order valence-corrected chi connectivity index (χ2v) is 6.79. The van der Waals surface area contributed by atoms with Gasteiger partial charge in [0.2, 0.25) is 5.91 Å². The average molecular weight is 366 g/mol. The Kier molecular flexibility index (Phi) is 6.99. The van der Waals surface area contributed by atoms with E-state index >= 15 is 0 Å². The number of fused-ring (bicyclic) bond motifs is 2. The Labute approximate surface area is 160 Å². The van der Waals surface area contributed by atoms with Gasteiger partial charge in [0.15, 0.2) is 0 Å². The molecule has 0 atom stereocenters. The van der Waals surface area contributed by atoms with Gasteiger partial charge in [-0.15, -0.1) is 0 Å². The Morgan fingerprint density at radius 3 is 2.15 bits per heavy atom. The Bertz CT molecular complexity index is 752. The molecule has 142 valence electrons. The van der Waals surface area contributed by atoms with E-state index in [1.807, 2.05) is 12.1 Å². The van der Waals surface area contributed by atoms with Gasteiger partial charge in [-0.1, -0.05) is 60.1 Å². The zero-order valence-corrected chi connectivity index (χ0v) is 15.5. The molecule has 5 nitrogen and oxygen atoms in total. The van der Waals surface area contributed by atoms with Gasteiger partial charge < -0.3 is 4.84 Å². The van der Waals surface area contributed by atoms with Crippen molar-refractivity contribution in [1.82, 2.24) is 5.48 Å². The zero-order chi connectivity index (χ0) is 18.9. The molecule has 0 aliphatic heterocycles. The minimum absolute atomic E-state index is 0.330. The van der Waals surface area contributed by atoms with Crippen LogP contribution in [0.25, 0.3) is 0 Å². The maximum Gasteiger partial charge on any atom is 0.243 e. The number of amides is 1. The van der Waals surface area contributed by atoms with E-state index in [1.165, 1.54) is 11.1 Å². The minimum atomic E-state index is -0.330. The lowest BCUT2D eigenvalue weighted by molar-refractivity contribution is -0.129. The van der Waals surface area contributed by atoms with Crippen molar-refractivity contribution in [2.75, 3.05) is 6.61 Å². The first-order chi connectivity index (χ1) is 13.3. The number of carbonyl (C=O) groups excluding carboxylic acids is 1. The number of unbranched alkanes of at least 4 members (excludes halogenated alkanes) is 3. The van der Waals surface area contributed by atoms with Crippen LogP contribution in [0.3, 0.4) is 0 Å². The molecule has 1 aliphatic carbocycles. The summed E-state index contributed by atoms with van der Waals surface area (Å²) in [6.07, 6.45) is 5.92. The van der Waals surface area contributed by atoms with Crippen molar-refractivity contribution in [3.8, 4) is 0 Å². The van der Waals surface area contributed by atoms with Crippen LogP contribution in [-0.2, 0) is 22.5 Å². The molecule has 0 saturated heterocycles. The SMILES string of the molecule is O=C(CCCCCCON=C1c2ccccc2CCc2ccccc21)NO. The summed E-state index contributed by atoms with van der Waals surface area (Å²) >= 11 is 0. The summed E-state index contributed by atoms with van der Waals surface area (Å²) < 4.78 is 0. The van der Waals surface area contributed by atoms with Crippen molar-refractivity contribution >= 4 is 11.6 Å². The maximum atomic E-state index is 10.9. The predicted molar refractivity (Wildman–Crippen MR) is 105 cm³/mol. The monoisotopic (exact) mass is 366 g/mol. The first kappa shape index (κ1) is 19.1. The van der Waals surface area contributed by atoms with Crippen LogP contribution in [0.1, 0.15) is 54.4 Å². The molecule has 0 bridgehead atoms. The lowest BCUT2D eigenvalue weighted by atomic mass is 9.98. The van der Waals surface area contributed by atoms with Crippen molar-refractivity contribution in [3.05, 3.63) is 70.8 Å². The normalized spacial score (nSPS) is 12.6. The molecular weight excluding hydrogens is 340 g/mol. The largest absolute Gasteiger partial charge is 0.395 e. The van der Waals surface area contributed by atoms with Crippen LogP contribution in [-0.4, -0.2) is 23.4 Å². The van der Waals surface area contributed by atoms with E-state index in [0.717, 1.165) is 55.4 Å². The van der Waals surface area contributed by atoms with Crippen molar-refractivity contribution in [1.29, 1.82) is 0 Å². The lowest BCUT2D eigenvalue weighted by Crippen LogP contribution is -2.17. The topological polar surface area (TPSA) is 70.9 Å². The van der Waals surface area contributed by atoms with Crippen LogP contribution in [0.15, 0.2) is 53.7 Å². The first-order valence-corrected chi connectivity index (χ1v) is 9.59. The van der Waals surface area contributed by atoms with Crippen molar-refractivity contribution < 1.29 is 14.8 Å². The van der Waals surface area contributed by atoms with E-state index < -0.39 is 0 Å².